The molecule has 0 saturated heterocycles. The molecule has 3 rings (SSSR count). The fraction of sp³-hybridized carbons (Fsp3) is 0. The van der Waals surface area contributed by atoms with Crippen molar-refractivity contribution in [1.82, 2.24) is 9.78 Å². The molecule has 0 bridgehead atoms. The highest BCUT2D eigenvalue weighted by molar-refractivity contribution is 9.11. The Morgan fingerprint density at radius 2 is 1.95 bits per heavy atom. The Bertz CT molecular complexity index is 782. The van der Waals surface area contributed by atoms with Crippen LogP contribution in [0, 0.1) is 0 Å². The van der Waals surface area contributed by atoms with E-state index in [9.17, 15) is 0 Å². The normalized spacial score (nSPS) is 10.9. The minimum Gasteiger partial charge on any atom is -0.396 e. The van der Waals surface area contributed by atoms with E-state index in [0.29, 0.717) is 15.7 Å². The molecule has 0 aliphatic carbocycles. The van der Waals surface area contributed by atoms with Gasteiger partial charge in [0.1, 0.15) is 5.69 Å². The molecule has 2 aromatic heterocycles. The van der Waals surface area contributed by atoms with E-state index < -0.39 is 0 Å². The second-order valence-electron chi connectivity index (χ2n) is 4.08. The van der Waals surface area contributed by atoms with Crippen molar-refractivity contribution in [2.75, 3.05) is 5.73 Å². The van der Waals surface area contributed by atoms with Gasteiger partial charge >= 0.3 is 0 Å². The third-order valence-electron chi connectivity index (χ3n) is 2.72. The number of nitrogen functional groups attached to an aromatic ring is 1. The summed E-state index contributed by atoms with van der Waals surface area (Å²) in [7, 11) is 0. The Labute approximate surface area is 138 Å². The van der Waals surface area contributed by atoms with Crippen molar-refractivity contribution < 1.29 is 0 Å². The third-order valence-corrected chi connectivity index (χ3v) is 5.09. The lowest BCUT2D eigenvalue weighted by Gasteiger charge is -2.02. The van der Waals surface area contributed by atoms with Crippen LogP contribution >= 0.6 is 50.5 Å². The lowest BCUT2D eigenvalue weighted by Crippen LogP contribution is -1.94. The summed E-state index contributed by atoms with van der Waals surface area (Å²) in [6.45, 7) is 0. The molecular formula is C13H8BrCl2N3S. The minimum absolute atomic E-state index is 0.485. The first-order valence-corrected chi connectivity index (χ1v) is 7.97. The summed E-state index contributed by atoms with van der Waals surface area (Å²) in [6.07, 6.45) is 1.77. The van der Waals surface area contributed by atoms with E-state index in [2.05, 4.69) is 21.0 Å². The Hall–Kier alpha value is -1.01. The largest absolute Gasteiger partial charge is 0.396 e. The number of rotatable bonds is 2. The fourth-order valence-electron chi connectivity index (χ4n) is 1.78. The Balaban J connectivity index is 2.06. The molecule has 0 saturated carbocycles. The minimum atomic E-state index is 0.485. The maximum atomic E-state index is 6.04. The molecule has 1 aromatic carbocycles. The van der Waals surface area contributed by atoms with Gasteiger partial charge in [-0.2, -0.15) is 5.10 Å². The van der Waals surface area contributed by atoms with Gasteiger partial charge in [0, 0.05) is 0 Å². The van der Waals surface area contributed by atoms with Crippen LogP contribution in [0.25, 0.3) is 16.3 Å². The first-order valence-electron chi connectivity index (χ1n) is 5.61. The Morgan fingerprint density at radius 3 is 2.60 bits per heavy atom. The Kier molecular flexibility index (Phi) is 3.77. The van der Waals surface area contributed by atoms with Crippen molar-refractivity contribution in [2.24, 2.45) is 0 Å². The van der Waals surface area contributed by atoms with Crippen LogP contribution in [0.15, 0.2) is 40.3 Å². The highest BCUT2D eigenvalue weighted by Crippen LogP contribution is 2.34. The lowest BCUT2D eigenvalue weighted by molar-refractivity contribution is 0.885. The molecule has 0 aliphatic rings. The van der Waals surface area contributed by atoms with Crippen LogP contribution in [0.3, 0.4) is 0 Å². The summed E-state index contributed by atoms with van der Waals surface area (Å²) in [5.41, 5.74) is 8.22. The molecule has 2 heterocycles. The van der Waals surface area contributed by atoms with Crippen molar-refractivity contribution >= 4 is 56.2 Å². The second-order valence-corrected chi connectivity index (χ2v) is 7.36. The molecule has 0 aliphatic heterocycles. The van der Waals surface area contributed by atoms with Gasteiger partial charge in [0.2, 0.25) is 0 Å². The summed E-state index contributed by atoms with van der Waals surface area (Å²) in [5, 5.41) is 5.51. The quantitative estimate of drug-likeness (QED) is 0.651. The van der Waals surface area contributed by atoms with Crippen molar-refractivity contribution in [3.63, 3.8) is 0 Å². The van der Waals surface area contributed by atoms with Crippen LogP contribution in [0.5, 0.6) is 0 Å². The van der Waals surface area contributed by atoms with E-state index in [1.807, 2.05) is 18.2 Å². The molecule has 20 heavy (non-hydrogen) atoms. The fourth-order valence-corrected chi connectivity index (χ4v) is 3.47. The lowest BCUT2D eigenvalue weighted by atomic mass is 10.3. The van der Waals surface area contributed by atoms with Crippen LogP contribution in [0.1, 0.15) is 0 Å². The number of halogens is 3. The summed E-state index contributed by atoms with van der Waals surface area (Å²) in [5.74, 6) is 0. The molecule has 0 spiro atoms. The maximum Gasteiger partial charge on any atom is 0.126 e. The van der Waals surface area contributed by atoms with Gasteiger partial charge in [0.05, 0.1) is 36.3 Å². The topological polar surface area (TPSA) is 43.8 Å². The molecule has 0 atom stereocenters. The number of hydrogen-bond acceptors (Lipinski definition) is 3. The molecule has 2 N–H and O–H groups in total. The van der Waals surface area contributed by atoms with E-state index in [4.69, 9.17) is 28.9 Å². The van der Waals surface area contributed by atoms with Crippen LogP contribution in [0.4, 0.5) is 5.69 Å². The standard InChI is InChI=1S/C13H8BrCl2N3S/c14-12-4-3-11(20-12)13-10(17)6-19(18-13)7-1-2-8(15)9(16)5-7/h1-6H,17H2. The monoisotopic (exact) mass is 387 g/mol. The molecule has 7 heteroatoms. The van der Waals surface area contributed by atoms with Gasteiger partial charge in [0.25, 0.3) is 0 Å². The van der Waals surface area contributed by atoms with Gasteiger partial charge in [-0.15, -0.1) is 11.3 Å². The SMILES string of the molecule is Nc1cn(-c2ccc(Cl)c(Cl)c2)nc1-c1ccc(Br)s1. The van der Waals surface area contributed by atoms with Crippen LogP contribution < -0.4 is 5.73 Å². The molecule has 0 amide bonds. The predicted octanol–water partition coefficient (Wildman–Crippen LogP) is 5.25. The second kappa shape index (κ2) is 5.41. The number of thiophene rings is 1. The average Bonchev–Trinajstić information content (AvgIpc) is 2.99. The van der Waals surface area contributed by atoms with E-state index in [1.165, 1.54) is 0 Å². The summed E-state index contributed by atoms with van der Waals surface area (Å²) in [6, 6.07) is 9.28. The number of aromatic nitrogens is 2. The highest BCUT2D eigenvalue weighted by Gasteiger charge is 2.12. The number of benzene rings is 1. The summed E-state index contributed by atoms with van der Waals surface area (Å²) < 4.78 is 2.73. The van der Waals surface area contributed by atoms with Crippen LogP contribution in [-0.2, 0) is 0 Å². The predicted molar refractivity (Wildman–Crippen MR) is 89.0 cm³/mol. The molecule has 0 radical (unpaired) electrons. The number of hydrogen-bond donors (Lipinski definition) is 1. The molecule has 3 nitrogen and oxygen atoms in total. The smallest absolute Gasteiger partial charge is 0.126 e. The van der Waals surface area contributed by atoms with Gasteiger partial charge in [-0.05, 0) is 46.3 Å². The zero-order valence-electron chi connectivity index (χ0n) is 9.98. The molecule has 0 fully saturated rings. The molecule has 102 valence electrons. The van der Waals surface area contributed by atoms with Gasteiger partial charge in [-0.3, -0.25) is 0 Å². The zero-order valence-corrected chi connectivity index (χ0v) is 13.9. The van der Waals surface area contributed by atoms with Crippen LogP contribution in [-0.4, -0.2) is 9.78 Å². The summed E-state index contributed by atoms with van der Waals surface area (Å²) in [4.78, 5) is 1.01. The summed E-state index contributed by atoms with van der Waals surface area (Å²) >= 11 is 17.0. The van der Waals surface area contributed by atoms with E-state index >= 15 is 0 Å². The van der Waals surface area contributed by atoms with Crippen molar-refractivity contribution in [3.05, 3.63) is 50.4 Å². The number of nitrogens with two attached hydrogens (primary N) is 1. The van der Waals surface area contributed by atoms with Crippen molar-refractivity contribution in [3.8, 4) is 16.3 Å². The average molecular weight is 389 g/mol. The van der Waals surface area contributed by atoms with E-state index in [1.54, 1.807) is 34.3 Å². The molecule has 3 aromatic rings. The van der Waals surface area contributed by atoms with E-state index in [-0.39, 0.29) is 0 Å². The van der Waals surface area contributed by atoms with Crippen LogP contribution in [0.2, 0.25) is 10.0 Å². The van der Waals surface area contributed by atoms with Gasteiger partial charge in [0.15, 0.2) is 0 Å². The number of nitrogens with zero attached hydrogens (tertiary/aromatic N) is 2. The zero-order chi connectivity index (χ0) is 14.3. The first kappa shape index (κ1) is 13.9. The van der Waals surface area contributed by atoms with Gasteiger partial charge in [-0.1, -0.05) is 23.2 Å². The van der Waals surface area contributed by atoms with Crippen molar-refractivity contribution in [2.45, 2.75) is 0 Å². The molecular weight excluding hydrogens is 381 g/mol. The van der Waals surface area contributed by atoms with E-state index in [0.717, 1.165) is 20.0 Å². The highest BCUT2D eigenvalue weighted by atomic mass is 79.9. The Morgan fingerprint density at radius 1 is 1.15 bits per heavy atom. The van der Waals surface area contributed by atoms with Gasteiger partial charge < -0.3 is 5.73 Å². The van der Waals surface area contributed by atoms with Gasteiger partial charge in [-0.25, -0.2) is 4.68 Å². The van der Waals surface area contributed by atoms with Crippen molar-refractivity contribution in [1.29, 1.82) is 0 Å². The third kappa shape index (κ3) is 2.59. The number of anilines is 1. The maximum absolute atomic E-state index is 6.04. The molecule has 0 unspecified atom stereocenters. The first-order chi connectivity index (χ1) is 9.54.